The molecule has 0 atom stereocenters. The minimum Gasteiger partial charge on any atom is -0.473 e. The van der Waals surface area contributed by atoms with E-state index in [1.54, 1.807) is 30.5 Å². The molecular weight excluding hydrogens is 358 g/mol. The summed E-state index contributed by atoms with van der Waals surface area (Å²) in [5.41, 5.74) is 2.41. The molecule has 0 aliphatic carbocycles. The third-order valence-corrected chi connectivity index (χ3v) is 4.11. The van der Waals surface area contributed by atoms with Gasteiger partial charge in [-0.25, -0.2) is 4.98 Å². The van der Waals surface area contributed by atoms with Crippen molar-refractivity contribution in [3.8, 4) is 5.88 Å². The summed E-state index contributed by atoms with van der Waals surface area (Å²) < 4.78 is 5.70. The first-order chi connectivity index (χ1) is 13.5. The monoisotopic (exact) mass is 377 g/mol. The summed E-state index contributed by atoms with van der Waals surface area (Å²) in [6, 6.07) is 17.7. The van der Waals surface area contributed by atoms with Gasteiger partial charge in [0.15, 0.2) is 5.78 Å². The Bertz CT molecular complexity index is 990. The van der Waals surface area contributed by atoms with Crippen LogP contribution in [0.5, 0.6) is 5.88 Å². The second kappa shape index (κ2) is 8.77. The lowest BCUT2D eigenvalue weighted by Gasteiger charge is -2.10. The van der Waals surface area contributed by atoms with Crippen LogP contribution in [0.4, 0.5) is 11.4 Å². The van der Waals surface area contributed by atoms with Crippen LogP contribution in [0.25, 0.3) is 0 Å². The van der Waals surface area contributed by atoms with Crippen molar-refractivity contribution in [3.63, 3.8) is 0 Å². The number of anilines is 1. The number of benzene rings is 2. The van der Waals surface area contributed by atoms with E-state index in [1.807, 2.05) is 30.3 Å². The maximum absolute atomic E-state index is 11.4. The van der Waals surface area contributed by atoms with Crippen LogP contribution >= 0.6 is 0 Å². The van der Waals surface area contributed by atoms with Gasteiger partial charge in [-0.2, -0.15) is 0 Å². The number of nitrogens with zero attached hydrogens (tertiary/aromatic N) is 2. The summed E-state index contributed by atoms with van der Waals surface area (Å²) in [5.74, 6) is 0.258. The molecule has 1 aromatic heterocycles. The number of nitro groups is 1. The molecule has 0 fully saturated rings. The van der Waals surface area contributed by atoms with Crippen molar-refractivity contribution >= 4 is 17.2 Å². The zero-order chi connectivity index (χ0) is 19.9. The fourth-order valence-corrected chi connectivity index (χ4v) is 2.62. The number of nitrogens with one attached hydrogen (secondary N) is 1. The summed E-state index contributed by atoms with van der Waals surface area (Å²) in [6.07, 6.45) is 1.63. The lowest BCUT2D eigenvalue weighted by molar-refractivity contribution is -0.384. The molecule has 7 heteroatoms. The predicted octanol–water partition coefficient (Wildman–Crippen LogP) is 4.38. The van der Waals surface area contributed by atoms with Gasteiger partial charge in [-0.05, 0) is 36.2 Å². The van der Waals surface area contributed by atoms with Crippen molar-refractivity contribution in [1.82, 2.24) is 4.98 Å². The van der Waals surface area contributed by atoms with Gasteiger partial charge in [0.2, 0.25) is 5.88 Å². The molecule has 0 spiro atoms. The molecule has 0 aliphatic rings. The summed E-state index contributed by atoms with van der Waals surface area (Å²) in [5, 5.41) is 14.3. The molecule has 7 nitrogen and oxygen atoms in total. The van der Waals surface area contributed by atoms with Crippen LogP contribution in [0.15, 0.2) is 66.9 Å². The van der Waals surface area contributed by atoms with Crippen LogP contribution in [-0.4, -0.2) is 15.7 Å². The zero-order valence-electron chi connectivity index (χ0n) is 15.3. The van der Waals surface area contributed by atoms with E-state index in [0.717, 1.165) is 11.1 Å². The van der Waals surface area contributed by atoms with Crippen LogP contribution in [0.3, 0.4) is 0 Å². The second-order valence-electron chi connectivity index (χ2n) is 6.18. The van der Waals surface area contributed by atoms with Gasteiger partial charge < -0.3 is 10.1 Å². The topological polar surface area (TPSA) is 94.4 Å². The highest BCUT2D eigenvalue weighted by atomic mass is 16.6. The average molecular weight is 377 g/mol. The van der Waals surface area contributed by atoms with Gasteiger partial charge in [-0.15, -0.1) is 0 Å². The molecule has 0 amide bonds. The number of Topliss-reactive ketones (excluding diaryl/α,β-unsaturated/α-hetero) is 1. The minimum absolute atomic E-state index is 0.137. The molecule has 1 N–H and O–H groups in total. The third-order valence-electron chi connectivity index (χ3n) is 4.11. The Morgan fingerprint density at radius 3 is 2.61 bits per heavy atom. The third kappa shape index (κ3) is 4.91. The van der Waals surface area contributed by atoms with Gasteiger partial charge in [-0.1, -0.05) is 30.3 Å². The average Bonchev–Trinajstić information content (AvgIpc) is 2.71. The van der Waals surface area contributed by atoms with E-state index in [1.165, 1.54) is 13.0 Å². The van der Waals surface area contributed by atoms with Crippen molar-refractivity contribution in [2.24, 2.45) is 0 Å². The Morgan fingerprint density at radius 2 is 1.89 bits per heavy atom. The van der Waals surface area contributed by atoms with Crippen LogP contribution in [0.1, 0.15) is 28.4 Å². The highest BCUT2D eigenvalue weighted by Gasteiger charge is 2.16. The molecule has 142 valence electrons. The fourth-order valence-electron chi connectivity index (χ4n) is 2.62. The lowest BCUT2D eigenvalue weighted by atomic mass is 10.1. The molecular formula is C21H19N3O4. The van der Waals surface area contributed by atoms with Crippen LogP contribution in [0, 0.1) is 10.1 Å². The molecule has 28 heavy (non-hydrogen) atoms. The van der Waals surface area contributed by atoms with Crippen molar-refractivity contribution in [2.45, 2.75) is 20.1 Å². The van der Waals surface area contributed by atoms with Crippen LogP contribution in [0.2, 0.25) is 0 Å². The summed E-state index contributed by atoms with van der Waals surface area (Å²) in [7, 11) is 0. The standard InChI is InChI=1S/C21H19N3O4/c1-15(25)18-7-8-19(20(12-18)24(26)27)23-13-17-9-10-22-21(11-17)28-14-16-5-3-2-4-6-16/h2-12,23H,13-14H2,1H3. The maximum atomic E-state index is 11.4. The van der Waals surface area contributed by atoms with Gasteiger partial charge in [-0.3, -0.25) is 14.9 Å². The summed E-state index contributed by atoms with van der Waals surface area (Å²) in [4.78, 5) is 26.4. The number of ketones is 1. The van der Waals surface area contributed by atoms with E-state index in [9.17, 15) is 14.9 Å². The van der Waals surface area contributed by atoms with Crippen molar-refractivity contribution < 1.29 is 14.5 Å². The Hall–Kier alpha value is -3.74. The number of nitro benzene ring substituents is 1. The highest BCUT2D eigenvalue weighted by molar-refractivity contribution is 5.95. The van der Waals surface area contributed by atoms with E-state index >= 15 is 0 Å². The molecule has 1 heterocycles. The normalized spacial score (nSPS) is 10.3. The van der Waals surface area contributed by atoms with Gasteiger partial charge in [0, 0.05) is 30.4 Å². The van der Waals surface area contributed by atoms with Crippen LogP contribution in [-0.2, 0) is 13.2 Å². The molecule has 0 radical (unpaired) electrons. The van der Waals surface area contributed by atoms with Crippen LogP contribution < -0.4 is 10.1 Å². The number of ether oxygens (including phenoxy) is 1. The lowest BCUT2D eigenvalue weighted by Crippen LogP contribution is -2.05. The fraction of sp³-hybridized carbons (Fsp3) is 0.143. The number of hydrogen-bond donors (Lipinski definition) is 1. The smallest absolute Gasteiger partial charge is 0.293 e. The first-order valence-electron chi connectivity index (χ1n) is 8.68. The van der Waals surface area contributed by atoms with E-state index in [0.29, 0.717) is 30.3 Å². The summed E-state index contributed by atoms with van der Waals surface area (Å²) >= 11 is 0. The van der Waals surface area contributed by atoms with E-state index < -0.39 is 4.92 Å². The second-order valence-corrected chi connectivity index (χ2v) is 6.18. The minimum atomic E-state index is -0.504. The number of pyridine rings is 1. The van der Waals surface area contributed by atoms with Crippen molar-refractivity contribution in [3.05, 3.63) is 93.7 Å². The number of aromatic nitrogens is 1. The number of carbonyl (C=O) groups is 1. The molecule has 0 aliphatic heterocycles. The maximum Gasteiger partial charge on any atom is 0.293 e. The molecule has 0 bridgehead atoms. The van der Waals surface area contributed by atoms with E-state index in [-0.39, 0.29) is 11.5 Å². The number of carbonyl (C=O) groups excluding carboxylic acids is 1. The Balaban J connectivity index is 1.68. The molecule has 3 rings (SSSR count). The van der Waals surface area contributed by atoms with Gasteiger partial charge in [0.05, 0.1) is 4.92 Å². The Labute approximate surface area is 162 Å². The zero-order valence-corrected chi connectivity index (χ0v) is 15.3. The highest BCUT2D eigenvalue weighted by Crippen LogP contribution is 2.26. The molecule has 3 aromatic rings. The molecule has 0 saturated heterocycles. The molecule has 0 saturated carbocycles. The predicted molar refractivity (Wildman–Crippen MR) is 105 cm³/mol. The number of rotatable bonds is 8. The first-order valence-corrected chi connectivity index (χ1v) is 8.68. The molecule has 2 aromatic carbocycles. The van der Waals surface area contributed by atoms with E-state index in [4.69, 9.17) is 4.74 Å². The van der Waals surface area contributed by atoms with Gasteiger partial charge in [0.1, 0.15) is 12.3 Å². The summed E-state index contributed by atoms with van der Waals surface area (Å²) in [6.45, 7) is 2.13. The molecule has 0 unspecified atom stereocenters. The Kier molecular flexibility index (Phi) is 5.96. The van der Waals surface area contributed by atoms with Gasteiger partial charge >= 0.3 is 0 Å². The Morgan fingerprint density at radius 1 is 1.11 bits per heavy atom. The first kappa shape index (κ1) is 19.0. The van der Waals surface area contributed by atoms with Crippen molar-refractivity contribution in [1.29, 1.82) is 0 Å². The quantitative estimate of drug-likeness (QED) is 0.356. The SMILES string of the molecule is CC(=O)c1ccc(NCc2ccnc(OCc3ccccc3)c2)c([N+](=O)[O-])c1. The number of hydrogen-bond acceptors (Lipinski definition) is 6. The van der Waals surface area contributed by atoms with Gasteiger partial charge in [0.25, 0.3) is 5.69 Å². The van der Waals surface area contributed by atoms with E-state index in [2.05, 4.69) is 10.3 Å². The largest absolute Gasteiger partial charge is 0.473 e. The van der Waals surface area contributed by atoms with Crippen molar-refractivity contribution in [2.75, 3.05) is 5.32 Å².